The molecule has 68 valence electrons. The van der Waals surface area contributed by atoms with Crippen LogP contribution in [0.5, 0.6) is 0 Å². The molecule has 0 spiro atoms. The summed E-state index contributed by atoms with van der Waals surface area (Å²) in [4.78, 5) is 10.6. The fourth-order valence-electron chi connectivity index (χ4n) is 0.680. The van der Waals surface area contributed by atoms with Crippen LogP contribution in [0.3, 0.4) is 0 Å². The highest BCUT2D eigenvalue weighted by molar-refractivity contribution is 4.68. The van der Waals surface area contributed by atoms with Gasteiger partial charge in [-0.2, -0.15) is 17.9 Å². The summed E-state index contributed by atoms with van der Waals surface area (Å²) < 4.78 is 39.6. The number of nitrogens with zero attached hydrogens (tertiary/aromatic N) is 2. The normalized spacial score (nSPS) is 12.0. The van der Waals surface area contributed by atoms with Crippen LogP contribution in [0, 0.1) is 6.92 Å². The van der Waals surface area contributed by atoms with Gasteiger partial charge in [0.1, 0.15) is 6.54 Å². The highest BCUT2D eigenvalue weighted by Gasteiger charge is 2.30. The van der Waals surface area contributed by atoms with E-state index in [1.54, 1.807) is 0 Å². The molecule has 0 radical (unpaired) electrons. The van der Waals surface area contributed by atoms with E-state index in [4.69, 9.17) is 0 Å². The predicted molar refractivity (Wildman–Crippen MR) is 31.6 cm³/mol. The Balaban J connectivity index is 2.90. The minimum Gasteiger partial charge on any atom is -0.393 e. The van der Waals surface area contributed by atoms with Crippen molar-refractivity contribution in [2.24, 2.45) is 0 Å². The summed E-state index contributed by atoms with van der Waals surface area (Å²) in [5, 5.41) is 3.21. The van der Waals surface area contributed by atoms with Crippen molar-refractivity contribution in [2.75, 3.05) is 0 Å². The number of alkyl halides is 3. The molecule has 0 amide bonds. The van der Waals surface area contributed by atoms with E-state index < -0.39 is 18.5 Å². The zero-order chi connectivity index (χ0) is 9.35. The van der Waals surface area contributed by atoms with Gasteiger partial charge in [-0.05, 0) is 0 Å². The predicted octanol–water partition coefficient (Wildman–Crippen LogP) is 0.707. The standard InChI is InChI=1S/C5H5F3N2O2/c1-3-9-10(4(11)12-3)2-5(6,7)8/h2H2,1H3. The first-order valence-electron chi connectivity index (χ1n) is 3.00. The van der Waals surface area contributed by atoms with Gasteiger partial charge in [0.05, 0.1) is 0 Å². The molecule has 0 aromatic carbocycles. The van der Waals surface area contributed by atoms with Crippen LogP contribution in [0.15, 0.2) is 9.21 Å². The van der Waals surface area contributed by atoms with Gasteiger partial charge in [-0.25, -0.2) is 4.79 Å². The zero-order valence-corrected chi connectivity index (χ0v) is 6.05. The molecule has 0 atom stereocenters. The van der Waals surface area contributed by atoms with E-state index in [-0.39, 0.29) is 10.6 Å². The van der Waals surface area contributed by atoms with Gasteiger partial charge in [-0.15, -0.1) is 5.10 Å². The molecule has 0 bridgehead atoms. The van der Waals surface area contributed by atoms with Crippen LogP contribution in [0.1, 0.15) is 5.89 Å². The third-order valence-electron chi connectivity index (χ3n) is 1.04. The lowest BCUT2D eigenvalue weighted by Crippen LogP contribution is -2.26. The van der Waals surface area contributed by atoms with Crippen molar-refractivity contribution in [2.45, 2.75) is 19.6 Å². The Bertz CT molecular complexity index is 324. The molecule has 1 rings (SSSR count). The fraction of sp³-hybridized carbons (Fsp3) is 0.600. The SMILES string of the molecule is Cc1nn(CC(F)(F)F)c(=O)o1. The first-order valence-corrected chi connectivity index (χ1v) is 3.00. The van der Waals surface area contributed by atoms with Crippen LogP contribution in [-0.4, -0.2) is 16.0 Å². The summed E-state index contributed by atoms with van der Waals surface area (Å²) in [7, 11) is 0. The van der Waals surface area contributed by atoms with Crippen LogP contribution in [-0.2, 0) is 6.54 Å². The molecule has 0 N–H and O–H groups in total. The molecule has 0 aliphatic carbocycles. The summed E-state index contributed by atoms with van der Waals surface area (Å²) in [6.07, 6.45) is -4.45. The molecule has 1 aromatic heterocycles. The Kier molecular flexibility index (Phi) is 1.95. The van der Waals surface area contributed by atoms with Crippen molar-refractivity contribution in [3.63, 3.8) is 0 Å². The molecule has 12 heavy (non-hydrogen) atoms. The van der Waals surface area contributed by atoms with E-state index in [2.05, 4.69) is 9.52 Å². The number of aryl methyl sites for hydroxylation is 1. The van der Waals surface area contributed by atoms with E-state index >= 15 is 0 Å². The minimum absolute atomic E-state index is 0.0794. The average Bonchev–Trinajstić information content (AvgIpc) is 2.06. The van der Waals surface area contributed by atoms with Gasteiger partial charge >= 0.3 is 11.9 Å². The minimum atomic E-state index is -4.45. The molecular weight excluding hydrogens is 177 g/mol. The van der Waals surface area contributed by atoms with Crippen LogP contribution < -0.4 is 5.76 Å². The van der Waals surface area contributed by atoms with Crippen molar-refractivity contribution in [1.29, 1.82) is 0 Å². The molecule has 0 saturated carbocycles. The van der Waals surface area contributed by atoms with Crippen molar-refractivity contribution in [3.8, 4) is 0 Å². The molecule has 0 aliphatic heterocycles. The van der Waals surface area contributed by atoms with E-state index in [0.717, 1.165) is 0 Å². The van der Waals surface area contributed by atoms with Gasteiger partial charge < -0.3 is 4.42 Å². The van der Waals surface area contributed by atoms with Crippen LogP contribution in [0.4, 0.5) is 13.2 Å². The molecule has 4 nitrogen and oxygen atoms in total. The van der Waals surface area contributed by atoms with Gasteiger partial charge in [-0.1, -0.05) is 0 Å². The Morgan fingerprint density at radius 1 is 1.58 bits per heavy atom. The Labute approximate surface area is 64.6 Å². The van der Waals surface area contributed by atoms with Gasteiger partial charge in [0.2, 0.25) is 5.89 Å². The summed E-state index contributed by atoms with van der Waals surface area (Å²) in [6.45, 7) is -0.114. The van der Waals surface area contributed by atoms with Crippen molar-refractivity contribution in [1.82, 2.24) is 9.78 Å². The number of rotatable bonds is 1. The third kappa shape index (κ3) is 2.11. The molecule has 0 unspecified atom stereocenters. The summed E-state index contributed by atoms with van der Waals surface area (Å²) in [5.74, 6) is -1.17. The zero-order valence-electron chi connectivity index (χ0n) is 6.05. The second-order valence-electron chi connectivity index (χ2n) is 2.16. The Morgan fingerprint density at radius 3 is 2.50 bits per heavy atom. The van der Waals surface area contributed by atoms with E-state index in [9.17, 15) is 18.0 Å². The Hall–Kier alpha value is -1.27. The molecule has 1 heterocycles. The van der Waals surface area contributed by atoms with E-state index in [0.29, 0.717) is 0 Å². The van der Waals surface area contributed by atoms with Crippen LogP contribution in [0.25, 0.3) is 0 Å². The fourth-order valence-corrected chi connectivity index (χ4v) is 0.680. The first kappa shape index (κ1) is 8.82. The van der Waals surface area contributed by atoms with Crippen molar-refractivity contribution in [3.05, 3.63) is 16.4 Å². The molecule has 0 fully saturated rings. The monoisotopic (exact) mass is 182 g/mol. The lowest BCUT2D eigenvalue weighted by Gasteiger charge is -2.02. The first-order chi connectivity index (χ1) is 5.38. The number of aromatic nitrogens is 2. The maximum absolute atomic E-state index is 11.7. The van der Waals surface area contributed by atoms with Gasteiger partial charge in [-0.3, -0.25) is 0 Å². The lowest BCUT2D eigenvalue weighted by atomic mass is 10.6. The molecule has 0 aliphatic rings. The van der Waals surface area contributed by atoms with Gasteiger partial charge in [0, 0.05) is 6.92 Å². The topological polar surface area (TPSA) is 48.0 Å². The Morgan fingerprint density at radius 2 is 2.17 bits per heavy atom. The largest absolute Gasteiger partial charge is 0.437 e. The molecule has 7 heteroatoms. The highest BCUT2D eigenvalue weighted by Crippen LogP contribution is 2.15. The third-order valence-corrected chi connectivity index (χ3v) is 1.04. The maximum Gasteiger partial charge on any atom is 0.437 e. The summed E-state index contributed by atoms with van der Waals surface area (Å²) in [5.41, 5.74) is 0. The van der Waals surface area contributed by atoms with Gasteiger partial charge in [0.15, 0.2) is 0 Å². The summed E-state index contributed by atoms with van der Waals surface area (Å²) in [6, 6.07) is 0. The van der Waals surface area contributed by atoms with Gasteiger partial charge in [0.25, 0.3) is 0 Å². The quantitative estimate of drug-likeness (QED) is 0.642. The molecule has 1 aromatic rings. The highest BCUT2D eigenvalue weighted by atomic mass is 19.4. The second-order valence-corrected chi connectivity index (χ2v) is 2.16. The lowest BCUT2D eigenvalue weighted by molar-refractivity contribution is -0.143. The van der Waals surface area contributed by atoms with E-state index in [1.807, 2.05) is 0 Å². The molecule has 0 saturated heterocycles. The van der Waals surface area contributed by atoms with Crippen molar-refractivity contribution < 1.29 is 17.6 Å². The average molecular weight is 182 g/mol. The number of halogens is 3. The summed E-state index contributed by atoms with van der Waals surface area (Å²) >= 11 is 0. The van der Waals surface area contributed by atoms with E-state index in [1.165, 1.54) is 6.92 Å². The smallest absolute Gasteiger partial charge is 0.393 e. The van der Waals surface area contributed by atoms with Crippen LogP contribution in [0.2, 0.25) is 0 Å². The van der Waals surface area contributed by atoms with Crippen LogP contribution >= 0.6 is 0 Å². The second kappa shape index (κ2) is 2.65. The molecular formula is C5H5F3N2O2. The maximum atomic E-state index is 11.7. The number of hydrogen-bond acceptors (Lipinski definition) is 3. The van der Waals surface area contributed by atoms with Crippen molar-refractivity contribution >= 4 is 0 Å². The number of hydrogen-bond donors (Lipinski definition) is 0.